The van der Waals surface area contributed by atoms with Crippen LogP contribution in [0.3, 0.4) is 0 Å². The average molecular weight is 408 g/mol. The van der Waals surface area contributed by atoms with Gasteiger partial charge < -0.3 is 14.8 Å². The smallest absolute Gasteiger partial charge is 0.338 e. The molecule has 152 valence electrons. The first kappa shape index (κ1) is 20.4. The van der Waals surface area contributed by atoms with Crippen molar-refractivity contribution < 1.29 is 24.0 Å². The van der Waals surface area contributed by atoms with E-state index in [9.17, 15) is 19.7 Å². The molecule has 1 N–H and O–H groups in total. The number of nitro groups is 1. The van der Waals surface area contributed by atoms with Crippen LogP contribution in [0.15, 0.2) is 61.1 Å². The Morgan fingerprint density at radius 1 is 1.10 bits per heavy atom. The summed E-state index contributed by atoms with van der Waals surface area (Å²) in [5, 5.41) is 13.7. The average Bonchev–Trinajstić information content (AvgIpc) is 2.78. The lowest BCUT2D eigenvalue weighted by molar-refractivity contribution is -0.384. The van der Waals surface area contributed by atoms with Crippen molar-refractivity contribution in [2.75, 3.05) is 12.4 Å². The highest BCUT2D eigenvalue weighted by Gasteiger charge is 2.19. The zero-order chi connectivity index (χ0) is 21.5. The fraction of sp³-hybridized carbons (Fsp3) is 0.100. The van der Waals surface area contributed by atoms with Gasteiger partial charge in [-0.2, -0.15) is 0 Å². The van der Waals surface area contributed by atoms with Crippen LogP contribution in [-0.2, 0) is 11.3 Å². The number of rotatable bonds is 7. The zero-order valence-electron chi connectivity index (χ0n) is 15.8. The molecule has 30 heavy (non-hydrogen) atoms. The maximum absolute atomic E-state index is 12.7. The van der Waals surface area contributed by atoms with E-state index in [4.69, 9.17) is 4.74 Å². The van der Waals surface area contributed by atoms with Crippen molar-refractivity contribution in [3.63, 3.8) is 0 Å². The predicted molar refractivity (Wildman–Crippen MR) is 105 cm³/mol. The van der Waals surface area contributed by atoms with E-state index in [0.717, 1.165) is 24.8 Å². The first-order chi connectivity index (χ1) is 14.5. The highest BCUT2D eigenvalue weighted by atomic mass is 16.6. The normalized spacial score (nSPS) is 10.2. The number of esters is 1. The number of nitrogens with one attached hydrogen (secondary N) is 1. The molecule has 0 radical (unpaired) electrons. The monoisotopic (exact) mass is 408 g/mol. The number of hydrogen-bond donors (Lipinski definition) is 1. The third-order valence-corrected chi connectivity index (χ3v) is 3.96. The Bertz CT molecular complexity index is 1090. The molecule has 2 heterocycles. The number of amides is 1. The molecule has 1 amide bonds. The summed E-state index contributed by atoms with van der Waals surface area (Å²) in [5.74, 6) is -1.06. The Hall–Kier alpha value is -4.34. The van der Waals surface area contributed by atoms with E-state index >= 15 is 0 Å². The van der Waals surface area contributed by atoms with Gasteiger partial charge in [0.25, 0.3) is 11.6 Å². The van der Waals surface area contributed by atoms with Crippen LogP contribution in [0.5, 0.6) is 5.75 Å². The molecule has 0 spiro atoms. The fourth-order valence-corrected chi connectivity index (χ4v) is 2.50. The van der Waals surface area contributed by atoms with E-state index in [1.54, 1.807) is 36.7 Å². The van der Waals surface area contributed by atoms with E-state index in [0.29, 0.717) is 5.75 Å². The van der Waals surface area contributed by atoms with Gasteiger partial charge in [0.05, 0.1) is 17.6 Å². The summed E-state index contributed by atoms with van der Waals surface area (Å²) >= 11 is 0. The maximum Gasteiger partial charge on any atom is 0.338 e. The lowest BCUT2D eigenvalue weighted by Crippen LogP contribution is -2.15. The van der Waals surface area contributed by atoms with Gasteiger partial charge in [-0.05, 0) is 35.9 Å². The summed E-state index contributed by atoms with van der Waals surface area (Å²) in [7, 11) is 1.14. The number of hydrogen-bond acceptors (Lipinski definition) is 8. The number of methoxy groups -OCH3 is 1. The highest BCUT2D eigenvalue weighted by molar-refractivity contribution is 6.06. The van der Waals surface area contributed by atoms with Crippen molar-refractivity contribution in [2.24, 2.45) is 0 Å². The summed E-state index contributed by atoms with van der Waals surface area (Å²) in [4.78, 5) is 42.9. The second-order valence-electron chi connectivity index (χ2n) is 5.97. The van der Waals surface area contributed by atoms with Gasteiger partial charge in [0.15, 0.2) is 11.6 Å². The molecule has 0 atom stereocenters. The van der Waals surface area contributed by atoms with Crippen molar-refractivity contribution in [3.8, 4) is 5.75 Å². The molecule has 0 saturated heterocycles. The van der Waals surface area contributed by atoms with Gasteiger partial charge in [0, 0.05) is 36.3 Å². The minimum atomic E-state index is -0.799. The minimum Gasteiger partial charge on any atom is -0.485 e. The van der Waals surface area contributed by atoms with Crippen LogP contribution >= 0.6 is 0 Å². The summed E-state index contributed by atoms with van der Waals surface area (Å²) in [6.07, 6.45) is 4.72. The molecule has 0 saturated carbocycles. The summed E-state index contributed by atoms with van der Waals surface area (Å²) in [6, 6.07) is 10.1. The number of nitro benzene ring substituents is 1. The van der Waals surface area contributed by atoms with E-state index < -0.39 is 22.5 Å². The van der Waals surface area contributed by atoms with Crippen molar-refractivity contribution >= 4 is 23.4 Å². The topological polar surface area (TPSA) is 134 Å². The second kappa shape index (κ2) is 9.24. The van der Waals surface area contributed by atoms with Crippen LogP contribution in [0.1, 0.15) is 26.3 Å². The van der Waals surface area contributed by atoms with E-state index in [-0.39, 0.29) is 23.6 Å². The van der Waals surface area contributed by atoms with Gasteiger partial charge in [-0.1, -0.05) is 0 Å². The molecule has 0 bridgehead atoms. The van der Waals surface area contributed by atoms with Crippen molar-refractivity contribution in [3.05, 3.63) is 87.9 Å². The van der Waals surface area contributed by atoms with Crippen LogP contribution in [0.2, 0.25) is 0 Å². The standard InChI is InChI=1S/C20H16N4O6/c1-29-20(26)15-9-14(10-16(11-15)24(27)28)19(25)23-18-17(3-2-6-22-18)30-12-13-4-7-21-8-5-13/h2-11H,12H2,1H3,(H,22,23,25). The SMILES string of the molecule is COC(=O)c1cc(C(=O)Nc2ncccc2OCc2ccncc2)cc([N+](=O)[O-])c1. The maximum atomic E-state index is 12.7. The third kappa shape index (κ3) is 4.93. The summed E-state index contributed by atoms with van der Waals surface area (Å²) < 4.78 is 10.3. The lowest BCUT2D eigenvalue weighted by Gasteiger charge is -2.12. The quantitative estimate of drug-likeness (QED) is 0.358. The molecule has 0 aliphatic carbocycles. The van der Waals surface area contributed by atoms with E-state index in [1.165, 1.54) is 12.3 Å². The lowest BCUT2D eigenvalue weighted by atomic mass is 10.1. The number of aromatic nitrogens is 2. The molecule has 10 heteroatoms. The van der Waals surface area contributed by atoms with Gasteiger partial charge in [-0.3, -0.25) is 19.9 Å². The largest absolute Gasteiger partial charge is 0.485 e. The van der Waals surface area contributed by atoms with Crippen molar-refractivity contribution in [2.45, 2.75) is 6.61 Å². The molecule has 2 aromatic heterocycles. The van der Waals surface area contributed by atoms with Crippen LogP contribution in [0, 0.1) is 10.1 Å². The van der Waals surface area contributed by atoms with Crippen LogP contribution in [-0.4, -0.2) is 33.9 Å². The third-order valence-electron chi connectivity index (χ3n) is 3.96. The molecular weight excluding hydrogens is 392 g/mol. The first-order valence-corrected chi connectivity index (χ1v) is 8.64. The number of ether oxygens (including phenoxy) is 2. The summed E-state index contributed by atoms with van der Waals surface area (Å²) in [5.41, 5.74) is 0.230. The van der Waals surface area contributed by atoms with Crippen molar-refractivity contribution in [1.82, 2.24) is 9.97 Å². The van der Waals surface area contributed by atoms with E-state index in [2.05, 4.69) is 20.0 Å². The van der Waals surface area contributed by atoms with E-state index in [1.807, 2.05) is 0 Å². The molecule has 3 rings (SSSR count). The Balaban J connectivity index is 1.83. The van der Waals surface area contributed by atoms with Crippen LogP contribution in [0.25, 0.3) is 0 Å². The molecule has 0 fully saturated rings. The Morgan fingerprint density at radius 2 is 1.83 bits per heavy atom. The van der Waals surface area contributed by atoms with Gasteiger partial charge in [-0.15, -0.1) is 0 Å². The predicted octanol–water partition coefficient (Wildman–Crippen LogP) is 3.00. The van der Waals surface area contributed by atoms with Gasteiger partial charge >= 0.3 is 5.97 Å². The van der Waals surface area contributed by atoms with Gasteiger partial charge in [0.2, 0.25) is 0 Å². The highest BCUT2D eigenvalue weighted by Crippen LogP contribution is 2.24. The first-order valence-electron chi connectivity index (χ1n) is 8.64. The Morgan fingerprint density at radius 3 is 2.53 bits per heavy atom. The minimum absolute atomic E-state index is 0.102. The van der Waals surface area contributed by atoms with Crippen molar-refractivity contribution in [1.29, 1.82) is 0 Å². The van der Waals surface area contributed by atoms with Gasteiger partial charge in [0.1, 0.15) is 6.61 Å². The fourth-order valence-electron chi connectivity index (χ4n) is 2.50. The van der Waals surface area contributed by atoms with Crippen LogP contribution in [0.4, 0.5) is 11.5 Å². The zero-order valence-corrected chi connectivity index (χ0v) is 15.8. The Labute approximate surface area is 170 Å². The number of carbonyl (C=O) groups is 2. The van der Waals surface area contributed by atoms with Crippen LogP contribution < -0.4 is 10.1 Å². The molecule has 0 aliphatic heterocycles. The molecule has 3 aromatic rings. The number of anilines is 1. The number of non-ortho nitro benzene ring substituents is 1. The number of benzene rings is 1. The molecular formula is C20H16N4O6. The molecule has 0 aliphatic rings. The number of pyridine rings is 2. The number of nitrogens with zero attached hydrogens (tertiary/aromatic N) is 3. The summed E-state index contributed by atoms with van der Waals surface area (Å²) in [6.45, 7) is 0.223. The second-order valence-corrected chi connectivity index (χ2v) is 5.97. The number of carbonyl (C=O) groups excluding carboxylic acids is 2. The van der Waals surface area contributed by atoms with Gasteiger partial charge in [-0.25, -0.2) is 9.78 Å². The molecule has 0 unspecified atom stereocenters. The Kier molecular flexibility index (Phi) is 6.28. The molecule has 10 nitrogen and oxygen atoms in total. The molecule has 1 aromatic carbocycles.